The maximum absolute atomic E-state index is 14.7. The topological polar surface area (TPSA) is 239 Å². The molecule has 0 radical (unpaired) electrons. The highest BCUT2D eigenvalue weighted by Crippen LogP contribution is 2.49. The zero-order chi connectivity index (χ0) is 62.8. The van der Waals surface area contributed by atoms with Crippen molar-refractivity contribution in [2.24, 2.45) is 22.2 Å². The van der Waals surface area contributed by atoms with Crippen molar-refractivity contribution in [1.29, 1.82) is 15.8 Å². The van der Waals surface area contributed by atoms with Crippen LogP contribution in [-0.4, -0.2) is 110 Å². The monoisotopic (exact) mass is 1190 g/mol. The van der Waals surface area contributed by atoms with Crippen LogP contribution >= 0.6 is 0 Å². The SMILES string of the molecule is CC1(C)CC(N2CCCC2)=C(C(=O)Oc2ccccc2)/C(=C(\C#N)C(=O)OCC(COC(=O)/C(C#N)=C2\CC(C)(C)CC(N3CCCC3)=C2C(=O)Oc2ccccc2)COC(=O)/C(C#N)=C2\CC(C)(C)CC(N3CCCC3)=C2C(=O)Oc2ccccc2)C1. The lowest BCUT2D eigenvalue weighted by Gasteiger charge is -2.38. The molecule has 458 valence electrons. The van der Waals surface area contributed by atoms with E-state index in [0.29, 0.717) is 75.6 Å². The van der Waals surface area contributed by atoms with Gasteiger partial charge >= 0.3 is 35.8 Å². The third-order valence-corrected chi connectivity index (χ3v) is 16.8. The van der Waals surface area contributed by atoms with Crippen molar-refractivity contribution in [3.8, 4) is 35.5 Å². The Kier molecular flexibility index (Phi) is 19.9. The summed E-state index contributed by atoms with van der Waals surface area (Å²) in [7, 11) is 0. The number of ether oxygens (including phenoxy) is 6. The molecular weight excluding hydrogens is 1120 g/mol. The predicted molar refractivity (Wildman–Crippen MR) is 323 cm³/mol. The molecule has 0 spiro atoms. The highest BCUT2D eigenvalue weighted by atomic mass is 16.6. The summed E-state index contributed by atoms with van der Waals surface area (Å²) in [6, 6.07) is 31.5. The molecule has 0 amide bonds. The summed E-state index contributed by atoms with van der Waals surface area (Å²) in [5.74, 6) is -6.07. The number of hydrogen-bond acceptors (Lipinski definition) is 18. The summed E-state index contributed by atoms with van der Waals surface area (Å²) >= 11 is 0. The predicted octanol–water partition coefficient (Wildman–Crippen LogP) is 11.0. The second-order valence-electron chi connectivity index (χ2n) is 25.8. The molecule has 0 unspecified atom stereocenters. The van der Waals surface area contributed by atoms with E-state index in [1.54, 1.807) is 91.0 Å². The van der Waals surface area contributed by atoms with Crippen LogP contribution in [0.4, 0.5) is 0 Å². The zero-order valence-corrected chi connectivity index (χ0v) is 51.2. The number of benzene rings is 3. The Hall–Kier alpha value is -9.21. The molecule has 6 aliphatic rings. The molecule has 3 heterocycles. The molecule has 0 atom stereocenters. The Bertz CT molecular complexity index is 3160. The second kappa shape index (κ2) is 27.7. The lowest BCUT2D eigenvalue weighted by molar-refractivity contribution is -0.148. The van der Waals surface area contributed by atoms with Gasteiger partial charge in [-0.05, 0) is 146 Å². The second-order valence-corrected chi connectivity index (χ2v) is 25.8. The first-order valence-electron chi connectivity index (χ1n) is 30.4. The maximum Gasteiger partial charge on any atom is 0.349 e. The highest BCUT2D eigenvalue weighted by molar-refractivity contribution is 6.04. The fraction of sp³-hybridized carbons (Fsp3) is 0.443. The number of nitrogens with zero attached hydrogens (tertiary/aromatic N) is 6. The Morgan fingerprint density at radius 1 is 0.398 bits per heavy atom. The quantitative estimate of drug-likeness (QED) is 0.0378. The van der Waals surface area contributed by atoms with Gasteiger partial charge in [0.15, 0.2) is 0 Å². The van der Waals surface area contributed by atoms with E-state index >= 15 is 0 Å². The van der Waals surface area contributed by atoms with Gasteiger partial charge in [-0.2, -0.15) is 15.8 Å². The van der Waals surface area contributed by atoms with Crippen molar-refractivity contribution >= 4 is 35.8 Å². The van der Waals surface area contributed by atoms with E-state index in [1.165, 1.54) is 0 Å². The van der Waals surface area contributed by atoms with Gasteiger partial charge < -0.3 is 43.1 Å². The average molecular weight is 1190 g/mol. The van der Waals surface area contributed by atoms with Crippen molar-refractivity contribution in [2.45, 2.75) is 119 Å². The van der Waals surface area contributed by atoms with Gasteiger partial charge in [-0.25, -0.2) is 28.8 Å². The first kappa shape index (κ1) is 63.3. The fourth-order valence-electron chi connectivity index (χ4n) is 12.8. The third kappa shape index (κ3) is 15.1. The van der Waals surface area contributed by atoms with Crippen molar-refractivity contribution in [3.63, 3.8) is 0 Å². The van der Waals surface area contributed by atoms with E-state index in [2.05, 4.69) is 14.7 Å². The molecule has 0 N–H and O–H groups in total. The molecule has 18 heteroatoms. The molecule has 3 aromatic rings. The number of nitriles is 3. The Morgan fingerprint density at radius 2 is 0.636 bits per heavy atom. The lowest BCUT2D eigenvalue weighted by Crippen LogP contribution is -2.35. The van der Waals surface area contributed by atoms with Gasteiger partial charge in [-0.3, -0.25) is 0 Å². The molecule has 3 saturated heterocycles. The minimum Gasteiger partial charge on any atom is -0.461 e. The number of hydrogen-bond donors (Lipinski definition) is 0. The molecule has 88 heavy (non-hydrogen) atoms. The summed E-state index contributed by atoms with van der Waals surface area (Å²) in [6.45, 7) is 13.8. The standard InChI is InChI=1S/C70H76N6O12/c1-68(2)34-50(59(56(37-68)74-28-16-17-29-74)65(80)86-47-22-10-7-11-23-47)53(40-71)62(77)83-43-46(44-84-63(78)54(41-72)51-35-69(3,4)38-57(75-30-18-19-31-75)60(51)66(81)87-48-24-12-8-13-25-48)45-85-64(79)55(42-73)52-36-70(5,6)39-58(76-32-20-21-33-76)61(52)67(82)88-49-26-14-9-15-27-49/h7-15,22-27,46H,16-21,28-39,43-45H2,1-6H3/b53-50+,54-51+,55-52+. The van der Waals surface area contributed by atoms with Crippen molar-refractivity contribution in [1.82, 2.24) is 14.7 Å². The van der Waals surface area contributed by atoms with E-state index in [9.17, 15) is 44.6 Å². The van der Waals surface area contributed by atoms with Crippen LogP contribution in [0.5, 0.6) is 17.2 Å². The van der Waals surface area contributed by atoms with Crippen LogP contribution in [0.2, 0.25) is 0 Å². The third-order valence-electron chi connectivity index (χ3n) is 16.8. The summed E-state index contributed by atoms with van der Waals surface area (Å²) in [5, 5.41) is 32.9. The van der Waals surface area contributed by atoms with E-state index < -0.39 is 94.5 Å². The number of para-hydroxylation sites is 3. The van der Waals surface area contributed by atoms with Crippen molar-refractivity contribution in [2.75, 3.05) is 59.1 Å². The maximum atomic E-state index is 14.7. The minimum atomic E-state index is -1.24. The van der Waals surface area contributed by atoms with Crippen LogP contribution in [0.3, 0.4) is 0 Å². The molecule has 18 nitrogen and oxygen atoms in total. The molecule has 0 bridgehead atoms. The van der Waals surface area contributed by atoms with E-state index in [4.69, 9.17) is 28.4 Å². The van der Waals surface area contributed by atoms with Crippen LogP contribution < -0.4 is 14.2 Å². The molecular formula is C70H76N6O12. The van der Waals surface area contributed by atoms with Gasteiger partial charge in [-0.1, -0.05) is 96.1 Å². The molecule has 3 aliphatic carbocycles. The van der Waals surface area contributed by atoms with Crippen LogP contribution in [0.25, 0.3) is 0 Å². The van der Waals surface area contributed by atoms with Gasteiger partial charge in [-0.15, -0.1) is 0 Å². The summed E-state index contributed by atoms with van der Waals surface area (Å²) in [4.78, 5) is 93.7. The number of carbonyl (C=O) groups is 6. The van der Waals surface area contributed by atoms with Gasteiger partial charge in [0.25, 0.3) is 0 Å². The number of likely N-dealkylation sites (tertiary alicyclic amines) is 3. The Balaban J connectivity index is 1.08. The van der Waals surface area contributed by atoms with Gasteiger partial charge in [0.1, 0.15) is 72.0 Å². The molecule has 0 saturated carbocycles. The van der Waals surface area contributed by atoms with Crippen molar-refractivity contribution < 1.29 is 57.2 Å². The van der Waals surface area contributed by atoms with Gasteiger partial charge in [0.2, 0.25) is 0 Å². The van der Waals surface area contributed by atoms with Crippen molar-refractivity contribution in [3.05, 3.63) is 158 Å². The summed E-state index contributed by atoms with van der Waals surface area (Å²) < 4.78 is 35.7. The Morgan fingerprint density at radius 3 is 0.864 bits per heavy atom. The first-order chi connectivity index (χ1) is 42.2. The van der Waals surface area contributed by atoms with Crippen LogP contribution in [0.15, 0.2) is 158 Å². The van der Waals surface area contributed by atoms with Gasteiger partial charge in [0, 0.05) is 56.4 Å². The molecule has 3 aromatic carbocycles. The zero-order valence-electron chi connectivity index (χ0n) is 51.2. The van der Waals surface area contributed by atoms with Crippen LogP contribution in [-0.2, 0) is 43.0 Å². The molecule has 0 aromatic heterocycles. The largest absolute Gasteiger partial charge is 0.461 e. The van der Waals surface area contributed by atoms with E-state index in [-0.39, 0.29) is 69.9 Å². The molecule has 3 aliphatic heterocycles. The van der Waals surface area contributed by atoms with Crippen LogP contribution in [0, 0.1) is 56.2 Å². The number of allylic oxidation sites excluding steroid dienone is 3. The smallest absolute Gasteiger partial charge is 0.349 e. The number of rotatable bonds is 18. The minimum absolute atomic E-state index is 0.0897. The summed E-state index contributed by atoms with van der Waals surface area (Å²) in [6.07, 6.45) is 6.97. The first-order valence-corrected chi connectivity index (χ1v) is 30.4. The highest BCUT2D eigenvalue weighted by Gasteiger charge is 2.44. The normalized spacial score (nSPS) is 20.5. The van der Waals surface area contributed by atoms with Crippen LogP contribution in [0.1, 0.15) is 119 Å². The fourth-order valence-corrected chi connectivity index (χ4v) is 12.8. The average Bonchev–Trinajstić information content (AvgIpc) is 1.89. The number of carbonyl (C=O) groups excluding carboxylic acids is 6. The number of esters is 6. The van der Waals surface area contributed by atoms with Gasteiger partial charge in [0.05, 0.1) is 22.6 Å². The molecule has 3 fully saturated rings. The van der Waals surface area contributed by atoms with E-state index in [0.717, 1.165) is 38.5 Å². The Labute approximate surface area is 514 Å². The van der Waals surface area contributed by atoms with E-state index in [1.807, 2.05) is 59.8 Å². The summed E-state index contributed by atoms with van der Waals surface area (Å²) in [5.41, 5.74) is -0.397. The molecule has 9 rings (SSSR count). The lowest BCUT2D eigenvalue weighted by atomic mass is 9.72.